The number of imidazole rings is 1. The van der Waals surface area contributed by atoms with Crippen molar-refractivity contribution in [2.24, 2.45) is 7.05 Å². The number of carbonyl (C=O) groups is 1. The van der Waals surface area contributed by atoms with Gasteiger partial charge in [0.15, 0.2) is 16.7 Å². The maximum Gasteiger partial charge on any atom is 0.234 e. The van der Waals surface area contributed by atoms with E-state index < -0.39 is 0 Å². The van der Waals surface area contributed by atoms with Crippen LogP contribution in [0.1, 0.15) is 0 Å². The lowest BCUT2D eigenvalue weighted by Crippen LogP contribution is -2.17. The Balaban J connectivity index is 1.65. The maximum atomic E-state index is 12.1. The number of anilines is 1. The molecule has 0 spiro atoms. The van der Waals surface area contributed by atoms with Gasteiger partial charge in [-0.25, -0.2) is 4.98 Å². The first kappa shape index (κ1) is 15.2. The molecule has 1 aromatic heterocycles. The fourth-order valence-corrected chi connectivity index (χ4v) is 3.12. The quantitative estimate of drug-likeness (QED) is 0.822. The summed E-state index contributed by atoms with van der Waals surface area (Å²) >= 11 is 4.82. The van der Waals surface area contributed by atoms with Crippen LogP contribution < -0.4 is 14.8 Å². The minimum Gasteiger partial charge on any atom is -0.486 e. The SMILES string of the molecule is Cn1ccnc1SCC(=O)Nc1cc2c(cc1Br)OCCO2. The van der Waals surface area contributed by atoms with Crippen LogP contribution in [0.3, 0.4) is 0 Å². The van der Waals surface area contributed by atoms with Crippen molar-refractivity contribution >= 4 is 39.3 Å². The molecular weight excluding hydrogens is 370 g/mol. The fraction of sp³-hybridized carbons (Fsp3) is 0.286. The van der Waals surface area contributed by atoms with Crippen LogP contribution in [0.2, 0.25) is 0 Å². The average molecular weight is 384 g/mol. The number of benzene rings is 1. The molecule has 116 valence electrons. The molecule has 1 aromatic carbocycles. The first-order valence-corrected chi connectivity index (χ1v) is 8.40. The Morgan fingerprint density at radius 3 is 2.82 bits per heavy atom. The van der Waals surface area contributed by atoms with Gasteiger partial charge in [0.1, 0.15) is 13.2 Å². The van der Waals surface area contributed by atoms with E-state index in [1.807, 2.05) is 17.8 Å². The second kappa shape index (κ2) is 6.62. The van der Waals surface area contributed by atoms with Crippen molar-refractivity contribution in [3.05, 3.63) is 29.0 Å². The van der Waals surface area contributed by atoms with Gasteiger partial charge in [-0.05, 0) is 15.9 Å². The average Bonchev–Trinajstić information content (AvgIpc) is 2.91. The molecule has 0 aliphatic carbocycles. The molecule has 2 aromatic rings. The van der Waals surface area contributed by atoms with Gasteiger partial charge in [-0.3, -0.25) is 4.79 Å². The van der Waals surface area contributed by atoms with Gasteiger partial charge in [0.2, 0.25) is 5.91 Å². The highest BCUT2D eigenvalue weighted by Crippen LogP contribution is 2.38. The van der Waals surface area contributed by atoms with Crippen molar-refractivity contribution in [2.75, 3.05) is 24.3 Å². The first-order chi connectivity index (χ1) is 10.6. The molecule has 8 heteroatoms. The Kier molecular flexibility index (Phi) is 4.58. The van der Waals surface area contributed by atoms with Crippen molar-refractivity contribution in [1.82, 2.24) is 9.55 Å². The van der Waals surface area contributed by atoms with Gasteiger partial charge >= 0.3 is 0 Å². The number of hydrogen-bond acceptors (Lipinski definition) is 5. The highest BCUT2D eigenvalue weighted by atomic mass is 79.9. The van der Waals surface area contributed by atoms with Crippen LogP contribution in [0.25, 0.3) is 0 Å². The van der Waals surface area contributed by atoms with Crippen LogP contribution in [-0.4, -0.2) is 34.4 Å². The Bertz CT molecular complexity index is 705. The zero-order valence-electron chi connectivity index (χ0n) is 11.8. The van der Waals surface area contributed by atoms with Crippen LogP contribution in [0.4, 0.5) is 5.69 Å². The molecule has 0 bridgehead atoms. The molecule has 1 aliphatic rings. The van der Waals surface area contributed by atoms with Crippen molar-refractivity contribution in [2.45, 2.75) is 5.16 Å². The number of halogens is 1. The molecule has 0 fully saturated rings. The number of amides is 1. The smallest absolute Gasteiger partial charge is 0.234 e. The minimum atomic E-state index is -0.106. The van der Waals surface area contributed by atoms with Crippen LogP contribution in [0.15, 0.2) is 34.2 Å². The lowest BCUT2D eigenvalue weighted by Gasteiger charge is -2.20. The summed E-state index contributed by atoms with van der Waals surface area (Å²) in [7, 11) is 1.89. The van der Waals surface area contributed by atoms with Gasteiger partial charge in [0.25, 0.3) is 0 Å². The van der Waals surface area contributed by atoms with Gasteiger partial charge in [-0.1, -0.05) is 11.8 Å². The van der Waals surface area contributed by atoms with E-state index in [1.54, 1.807) is 18.3 Å². The zero-order chi connectivity index (χ0) is 15.5. The Morgan fingerprint density at radius 2 is 2.14 bits per heavy atom. The van der Waals surface area contributed by atoms with Crippen molar-refractivity contribution in [3.8, 4) is 11.5 Å². The van der Waals surface area contributed by atoms with Crippen LogP contribution in [0.5, 0.6) is 11.5 Å². The monoisotopic (exact) mass is 383 g/mol. The second-order valence-corrected chi connectivity index (χ2v) is 6.43. The summed E-state index contributed by atoms with van der Waals surface area (Å²) in [6.07, 6.45) is 3.55. The predicted octanol–water partition coefficient (Wildman–Crippen LogP) is 2.68. The number of carbonyl (C=O) groups excluding carboxylic acids is 1. The third kappa shape index (κ3) is 3.38. The Labute approximate surface area is 140 Å². The normalized spacial score (nSPS) is 13.0. The van der Waals surface area contributed by atoms with E-state index in [0.29, 0.717) is 30.4 Å². The summed E-state index contributed by atoms with van der Waals surface area (Å²) in [6.45, 7) is 1.04. The summed E-state index contributed by atoms with van der Waals surface area (Å²) in [5, 5.41) is 3.67. The Morgan fingerprint density at radius 1 is 1.41 bits per heavy atom. The standard InChI is InChI=1S/C14H14BrN3O3S/c1-18-3-2-16-14(18)22-8-13(19)17-10-7-12-11(6-9(10)15)20-4-5-21-12/h2-3,6-7H,4-5,8H2,1H3,(H,17,19). The summed E-state index contributed by atoms with van der Waals surface area (Å²) in [5.74, 6) is 1.50. The molecule has 2 heterocycles. The highest BCUT2D eigenvalue weighted by Gasteiger charge is 2.16. The van der Waals surface area contributed by atoms with Gasteiger partial charge in [0, 0.05) is 36.0 Å². The summed E-state index contributed by atoms with van der Waals surface area (Å²) < 4.78 is 13.6. The number of aromatic nitrogens is 2. The predicted molar refractivity (Wildman–Crippen MR) is 87.7 cm³/mol. The van der Waals surface area contributed by atoms with Gasteiger partial charge in [-0.15, -0.1) is 0 Å². The lowest BCUT2D eigenvalue weighted by molar-refractivity contribution is -0.113. The van der Waals surface area contributed by atoms with E-state index in [1.165, 1.54) is 11.8 Å². The van der Waals surface area contributed by atoms with Gasteiger partial charge < -0.3 is 19.4 Å². The fourth-order valence-electron chi connectivity index (χ4n) is 1.97. The summed E-state index contributed by atoms with van der Waals surface area (Å²) in [5.41, 5.74) is 0.662. The number of nitrogens with one attached hydrogen (secondary N) is 1. The number of fused-ring (bicyclic) bond motifs is 1. The molecule has 1 N–H and O–H groups in total. The lowest BCUT2D eigenvalue weighted by atomic mass is 10.2. The third-order valence-corrected chi connectivity index (χ3v) is 4.73. The molecule has 6 nitrogen and oxygen atoms in total. The van der Waals surface area contributed by atoms with Crippen molar-refractivity contribution in [1.29, 1.82) is 0 Å². The third-order valence-electron chi connectivity index (χ3n) is 3.02. The van der Waals surface area contributed by atoms with E-state index in [9.17, 15) is 4.79 Å². The number of nitrogens with zero attached hydrogens (tertiary/aromatic N) is 2. The number of thioether (sulfide) groups is 1. The van der Waals surface area contributed by atoms with E-state index in [2.05, 4.69) is 26.2 Å². The largest absolute Gasteiger partial charge is 0.486 e. The molecule has 1 aliphatic heterocycles. The summed E-state index contributed by atoms with van der Waals surface area (Å²) in [4.78, 5) is 16.2. The molecule has 0 unspecified atom stereocenters. The molecule has 0 saturated heterocycles. The van der Waals surface area contributed by atoms with Crippen LogP contribution in [-0.2, 0) is 11.8 Å². The molecule has 0 saturated carbocycles. The number of rotatable bonds is 4. The van der Waals surface area contributed by atoms with Crippen molar-refractivity contribution < 1.29 is 14.3 Å². The Hall–Kier alpha value is -1.67. The molecular formula is C14H14BrN3O3S. The first-order valence-electron chi connectivity index (χ1n) is 6.62. The molecule has 0 radical (unpaired) electrons. The van der Waals surface area contributed by atoms with Gasteiger partial charge in [0.05, 0.1) is 11.4 Å². The van der Waals surface area contributed by atoms with Crippen LogP contribution in [0, 0.1) is 0 Å². The molecule has 1 amide bonds. The zero-order valence-corrected chi connectivity index (χ0v) is 14.2. The van der Waals surface area contributed by atoms with E-state index in [4.69, 9.17) is 9.47 Å². The maximum absolute atomic E-state index is 12.1. The molecule has 22 heavy (non-hydrogen) atoms. The van der Waals surface area contributed by atoms with E-state index in [-0.39, 0.29) is 11.7 Å². The van der Waals surface area contributed by atoms with E-state index >= 15 is 0 Å². The van der Waals surface area contributed by atoms with Gasteiger partial charge in [-0.2, -0.15) is 0 Å². The number of hydrogen-bond donors (Lipinski definition) is 1. The summed E-state index contributed by atoms with van der Waals surface area (Å²) in [6, 6.07) is 3.57. The van der Waals surface area contributed by atoms with Crippen LogP contribution >= 0.6 is 27.7 Å². The molecule has 3 rings (SSSR count). The number of ether oxygens (including phenoxy) is 2. The topological polar surface area (TPSA) is 65.4 Å². The minimum absolute atomic E-state index is 0.106. The van der Waals surface area contributed by atoms with Crippen molar-refractivity contribution in [3.63, 3.8) is 0 Å². The molecule has 0 atom stereocenters. The number of aryl methyl sites for hydroxylation is 1. The second-order valence-electron chi connectivity index (χ2n) is 4.63. The highest BCUT2D eigenvalue weighted by molar-refractivity contribution is 9.10. The van der Waals surface area contributed by atoms with E-state index in [0.717, 1.165) is 9.63 Å².